The molecule has 0 unspecified atom stereocenters. The molecule has 1 aromatic rings. The third-order valence-electron chi connectivity index (χ3n) is 3.06. The lowest BCUT2D eigenvalue weighted by molar-refractivity contribution is 0.0527. The molecule has 0 atom stereocenters. The average Bonchev–Trinajstić information content (AvgIpc) is 2.39. The molecule has 0 heterocycles. The normalized spacial score (nSPS) is 10.6. The van der Waals surface area contributed by atoms with Gasteiger partial charge in [-0.2, -0.15) is 0 Å². The van der Waals surface area contributed by atoms with E-state index in [0.29, 0.717) is 17.9 Å². The van der Waals surface area contributed by atoms with Crippen molar-refractivity contribution in [2.24, 2.45) is 5.92 Å². The van der Waals surface area contributed by atoms with Crippen LogP contribution in [0.2, 0.25) is 0 Å². The summed E-state index contributed by atoms with van der Waals surface area (Å²) in [6.07, 6.45) is 3.51. The Morgan fingerprint density at radius 2 is 2.10 bits per heavy atom. The molecule has 0 aliphatic heterocycles. The SMILES string of the molecule is CCOC(=O)c1cc(N)ccc1NCCCCC(C)C. The van der Waals surface area contributed by atoms with Gasteiger partial charge in [0.1, 0.15) is 0 Å². The average molecular weight is 278 g/mol. The number of carbonyl (C=O) groups excluding carboxylic acids is 1. The predicted molar refractivity (Wildman–Crippen MR) is 84.0 cm³/mol. The molecule has 0 bridgehead atoms. The molecule has 0 fully saturated rings. The predicted octanol–water partition coefficient (Wildman–Crippen LogP) is 3.68. The Balaban J connectivity index is 2.58. The lowest BCUT2D eigenvalue weighted by Crippen LogP contribution is -2.11. The van der Waals surface area contributed by atoms with Gasteiger partial charge in [-0.3, -0.25) is 0 Å². The van der Waals surface area contributed by atoms with Gasteiger partial charge in [0.25, 0.3) is 0 Å². The molecule has 20 heavy (non-hydrogen) atoms. The Morgan fingerprint density at radius 3 is 2.75 bits per heavy atom. The van der Waals surface area contributed by atoms with Crippen LogP contribution in [0.3, 0.4) is 0 Å². The Labute approximate surface area is 121 Å². The van der Waals surface area contributed by atoms with E-state index in [1.165, 1.54) is 12.8 Å². The van der Waals surface area contributed by atoms with Crippen LogP contribution in [0, 0.1) is 5.92 Å². The zero-order chi connectivity index (χ0) is 15.0. The van der Waals surface area contributed by atoms with E-state index in [2.05, 4.69) is 19.2 Å². The second kappa shape index (κ2) is 8.46. The Hall–Kier alpha value is -1.71. The second-order valence-electron chi connectivity index (χ2n) is 5.34. The number of nitrogens with two attached hydrogens (primary N) is 1. The van der Waals surface area contributed by atoms with Gasteiger partial charge in [-0.1, -0.05) is 26.7 Å². The molecule has 0 aliphatic carbocycles. The van der Waals surface area contributed by atoms with E-state index in [1.54, 1.807) is 19.1 Å². The van der Waals surface area contributed by atoms with Crippen LogP contribution in [0.4, 0.5) is 11.4 Å². The van der Waals surface area contributed by atoms with Crippen LogP contribution in [0.1, 0.15) is 50.4 Å². The number of nitrogens with one attached hydrogen (secondary N) is 1. The van der Waals surface area contributed by atoms with Crippen molar-refractivity contribution in [2.75, 3.05) is 24.2 Å². The van der Waals surface area contributed by atoms with Gasteiger partial charge < -0.3 is 15.8 Å². The van der Waals surface area contributed by atoms with E-state index in [4.69, 9.17) is 10.5 Å². The third kappa shape index (κ3) is 5.51. The van der Waals surface area contributed by atoms with Crippen LogP contribution in [-0.2, 0) is 4.74 Å². The minimum atomic E-state index is -0.329. The minimum absolute atomic E-state index is 0.329. The molecule has 0 aliphatic rings. The second-order valence-corrected chi connectivity index (χ2v) is 5.34. The fourth-order valence-corrected chi connectivity index (χ4v) is 1.99. The number of rotatable bonds is 8. The van der Waals surface area contributed by atoms with E-state index in [9.17, 15) is 4.79 Å². The van der Waals surface area contributed by atoms with Gasteiger partial charge in [0, 0.05) is 17.9 Å². The van der Waals surface area contributed by atoms with Crippen LogP contribution in [0.15, 0.2) is 18.2 Å². The largest absolute Gasteiger partial charge is 0.462 e. The van der Waals surface area contributed by atoms with Crippen LogP contribution in [-0.4, -0.2) is 19.1 Å². The van der Waals surface area contributed by atoms with Crippen molar-refractivity contribution in [1.82, 2.24) is 0 Å². The Bertz CT molecular complexity index is 430. The summed E-state index contributed by atoms with van der Waals surface area (Å²) < 4.78 is 5.05. The molecule has 1 aromatic carbocycles. The van der Waals surface area contributed by atoms with Gasteiger partial charge in [0.2, 0.25) is 0 Å². The van der Waals surface area contributed by atoms with Crippen molar-refractivity contribution in [3.8, 4) is 0 Å². The monoisotopic (exact) mass is 278 g/mol. The molecular formula is C16H26N2O2. The highest BCUT2D eigenvalue weighted by Crippen LogP contribution is 2.20. The highest BCUT2D eigenvalue weighted by Gasteiger charge is 2.12. The van der Waals surface area contributed by atoms with Gasteiger partial charge in [0.15, 0.2) is 0 Å². The van der Waals surface area contributed by atoms with Crippen molar-refractivity contribution in [3.05, 3.63) is 23.8 Å². The summed E-state index contributed by atoms with van der Waals surface area (Å²) in [4.78, 5) is 11.9. The molecule has 0 saturated carbocycles. The number of hydrogen-bond donors (Lipinski definition) is 2. The van der Waals surface area contributed by atoms with Gasteiger partial charge in [-0.15, -0.1) is 0 Å². The van der Waals surface area contributed by atoms with Crippen molar-refractivity contribution < 1.29 is 9.53 Å². The molecule has 112 valence electrons. The van der Waals surface area contributed by atoms with Crippen molar-refractivity contribution in [3.63, 3.8) is 0 Å². The molecular weight excluding hydrogens is 252 g/mol. The van der Waals surface area contributed by atoms with Crippen LogP contribution < -0.4 is 11.1 Å². The van der Waals surface area contributed by atoms with E-state index >= 15 is 0 Å². The third-order valence-corrected chi connectivity index (χ3v) is 3.06. The standard InChI is InChI=1S/C16H26N2O2/c1-4-20-16(19)14-11-13(17)8-9-15(14)18-10-6-5-7-12(2)3/h8-9,11-12,18H,4-7,10,17H2,1-3H3. The molecule has 0 saturated heterocycles. The van der Waals surface area contributed by atoms with Gasteiger partial charge in [-0.05, 0) is 37.5 Å². The number of nitrogen functional groups attached to an aromatic ring is 1. The van der Waals surface area contributed by atoms with Gasteiger partial charge in [0.05, 0.1) is 12.2 Å². The van der Waals surface area contributed by atoms with Crippen LogP contribution in [0.25, 0.3) is 0 Å². The minimum Gasteiger partial charge on any atom is -0.462 e. The quantitative estimate of drug-likeness (QED) is 0.432. The van der Waals surface area contributed by atoms with E-state index in [1.807, 2.05) is 6.07 Å². The number of benzene rings is 1. The fourth-order valence-electron chi connectivity index (χ4n) is 1.99. The van der Waals surface area contributed by atoms with E-state index in [-0.39, 0.29) is 5.97 Å². The first-order valence-corrected chi connectivity index (χ1v) is 7.35. The lowest BCUT2D eigenvalue weighted by Gasteiger charge is -2.12. The first-order chi connectivity index (χ1) is 9.54. The highest BCUT2D eigenvalue weighted by atomic mass is 16.5. The smallest absolute Gasteiger partial charge is 0.340 e. The molecule has 0 amide bonds. The highest BCUT2D eigenvalue weighted by molar-refractivity contribution is 5.96. The first kappa shape index (κ1) is 16.3. The van der Waals surface area contributed by atoms with E-state index < -0.39 is 0 Å². The fraction of sp³-hybridized carbons (Fsp3) is 0.562. The summed E-state index contributed by atoms with van der Waals surface area (Å²) in [5.74, 6) is 0.408. The number of hydrogen-bond acceptors (Lipinski definition) is 4. The molecule has 1 rings (SSSR count). The summed E-state index contributed by atoms with van der Waals surface area (Å²) in [5.41, 5.74) is 7.61. The number of carbonyl (C=O) groups is 1. The van der Waals surface area contributed by atoms with Crippen molar-refractivity contribution in [1.29, 1.82) is 0 Å². The maximum atomic E-state index is 11.9. The molecule has 0 aromatic heterocycles. The number of ether oxygens (including phenoxy) is 1. The summed E-state index contributed by atoms with van der Waals surface area (Å²) in [5, 5.41) is 3.30. The Kier molecular flexibility index (Phi) is 6.91. The Morgan fingerprint density at radius 1 is 1.35 bits per heavy atom. The van der Waals surface area contributed by atoms with Gasteiger partial charge >= 0.3 is 5.97 Å². The topological polar surface area (TPSA) is 64.3 Å². The summed E-state index contributed by atoms with van der Waals surface area (Å²) >= 11 is 0. The first-order valence-electron chi connectivity index (χ1n) is 7.35. The number of esters is 1. The maximum Gasteiger partial charge on any atom is 0.340 e. The number of unbranched alkanes of at least 4 members (excludes halogenated alkanes) is 1. The summed E-state index contributed by atoms with van der Waals surface area (Å²) in [6, 6.07) is 5.29. The molecule has 4 nitrogen and oxygen atoms in total. The van der Waals surface area contributed by atoms with Crippen LogP contribution >= 0.6 is 0 Å². The molecule has 3 N–H and O–H groups in total. The summed E-state index contributed by atoms with van der Waals surface area (Å²) in [6.45, 7) is 7.46. The zero-order valence-corrected chi connectivity index (χ0v) is 12.7. The van der Waals surface area contributed by atoms with Gasteiger partial charge in [-0.25, -0.2) is 4.79 Å². The maximum absolute atomic E-state index is 11.9. The van der Waals surface area contributed by atoms with Crippen molar-refractivity contribution in [2.45, 2.75) is 40.0 Å². The van der Waals surface area contributed by atoms with Crippen molar-refractivity contribution >= 4 is 17.3 Å². The lowest BCUT2D eigenvalue weighted by atomic mass is 10.1. The molecule has 0 spiro atoms. The van der Waals surface area contributed by atoms with Crippen LogP contribution in [0.5, 0.6) is 0 Å². The number of anilines is 2. The summed E-state index contributed by atoms with van der Waals surface area (Å²) in [7, 11) is 0. The molecule has 0 radical (unpaired) electrons. The molecule has 4 heteroatoms. The van der Waals surface area contributed by atoms with E-state index in [0.717, 1.165) is 24.6 Å². The zero-order valence-electron chi connectivity index (χ0n) is 12.7.